The molecular formula is C22H15Cl3N2O3S. The van der Waals surface area contributed by atoms with Gasteiger partial charge in [-0.1, -0.05) is 40.9 Å². The van der Waals surface area contributed by atoms with Gasteiger partial charge in [-0.25, -0.2) is 9.36 Å². The predicted octanol–water partition coefficient (Wildman–Crippen LogP) is 5.67. The van der Waals surface area contributed by atoms with Crippen LogP contribution in [0.15, 0.2) is 52.1 Å². The van der Waals surface area contributed by atoms with Gasteiger partial charge in [-0.3, -0.25) is 14.2 Å². The van der Waals surface area contributed by atoms with Crippen molar-refractivity contribution in [3.8, 4) is 5.69 Å². The van der Waals surface area contributed by atoms with E-state index in [-0.39, 0.29) is 17.4 Å². The summed E-state index contributed by atoms with van der Waals surface area (Å²) in [5, 5.41) is 1.37. The number of Topliss-reactive ketones (excluding diaryl/α,β-unsaturated/α-hetero) is 1. The van der Waals surface area contributed by atoms with Crippen molar-refractivity contribution in [3.05, 3.63) is 94.4 Å². The average Bonchev–Trinajstić information content (AvgIpc) is 3.02. The zero-order valence-electron chi connectivity index (χ0n) is 16.4. The van der Waals surface area contributed by atoms with Crippen LogP contribution < -0.4 is 11.2 Å². The summed E-state index contributed by atoms with van der Waals surface area (Å²) in [6.45, 7) is 3.44. The minimum absolute atomic E-state index is 0.247. The Morgan fingerprint density at radius 3 is 2.42 bits per heavy atom. The first-order chi connectivity index (χ1) is 14.7. The van der Waals surface area contributed by atoms with Gasteiger partial charge in [-0.2, -0.15) is 0 Å². The van der Waals surface area contributed by atoms with Crippen molar-refractivity contribution in [1.29, 1.82) is 0 Å². The number of thiophene rings is 1. The maximum atomic E-state index is 13.4. The Bertz CT molecular complexity index is 1480. The van der Waals surface area contributed by atoms with Gasteiger partial charge in [0.25, 0.3) is 5.56 Å². The lowest BCUT2D eigenvalue weighted by molar-refractivity contribution is 0.0972. The molecule has 4 aromatic rings. The molecule has 0 N–H and O–H groups in total. The number of hydrogen-bond acceptors (Lipinski definition) is 4. The highest BCUT2D eigenvalue weighted by atomic mass is 35.5. The van der Waals surface area contributed by atoms with Gasteiger partial charge < -0.3 is 0 Å². The fourth-order valence-electron chi connectivity index (χ4n) is 3.34. The molecule has 0 atom stereocenters. The van der Waals surface area contributed by atoms with Gasteiger partial charge in [0.2, 0.25) is 0 Å². The van der Waals surface area contributed by atoms with Crippen LogP contribution >= 0.6 is 46.1 Å². The Morgan fingerprint density at radius 2 is 1.74 bits per heavy atom. The second-order valence-electron chi connectivity index (χ2n) is 7.00. The lowest BCUT2D eigenvalue weighted by Gasteiger charge is -2.12. The van der Waals surface area contributed by atoms with Crippen molar-refractivity contribution < 1.29 is 4.79 Å². The van der Waals surface area contributed by atoms with Crippen LogP contribution in [0.5, 0.6) is 0 Å². The summed E-state index contributed by atoms with van der Waals surface area (Å²) in [5.74, 6) is -0.332. The topological polar surface area (TPSA) is 61.1 Å². The summed E-state index contributed by atoms with van der Waals surface area (Å²) >= 11 is 19.4. The van der Waals surface area contributed by atoms with Crippen molar-refractivity contribution in [2.75, 3.05) is 0 Å². The van der Waals surface area contributed by atoms with Gasteiger partial charge in [0.15, 0.2) is 5.78 Å². The van der Waals surface area contributed by atoms with E-state index in [9.17, 15) is 14.4 Å². The number of hydrogen-bond donors (Lipinski definition) is 0. The van der Waals surface area contributed by atoms with Gasteiger partial charge in [0.05, 0.1) is 27.7 Å². The third-order valence-corrected chi connectivity index (χ3v) is 7.27. The summed E-state index contributed by atoms with van der Waals surface area (Å²) < 4.78 is 2.38. The monoisotopic (exact) mass is 492 g/mol. The first-order valence-corrected chi connectivity index (χ1v) is 11.1. The largest absolute Gasteiger partial charge is 0.337 e. The van der Waals surface area contributed by atoms with Gasteiger partial charge in [-0.05, 0) is 55.8 Å². The first kappa shape index (κ1) is 21.8. The van der Waals surface area contributed by atoms with Gasteiger partial charge >= 0.3 is 5.69 Å². The van der Waals surface area contributed by atoms with Gasteiger partial charge in [0, 0.05) is 15.5 Å². The molecule has 31 heavy (non-hydrogen) atoms. The molecule has 0 fully saturated rings. The van der Waals surface area contributed by atoms with Crippen molar-refractivity contribution >= 4 is 62.1 Å². The molecule has 5 nitrogen and oxygen atoms in total. The molecule has 9 heteroatoms. The summed E-state index contributed by atoms with van der Waals surface area (Å²) in [4.78, 5) is 41.0. The highest BCUT2D eigenvalue weighted by Gasteiger charge is 2.21. The fraction of sp³-hybridized carbons (Fsp3) is 0.136. The minimum atomic E-state index is -0.616. The molecule has 2 aromatic carbocycles. The maximum absolute atomic E-state index is 13.4. The second kappa shape index (κ2) is 8.28. The van der Waals surface area contributed by atoms with E-state index < -0.39 is 11.2 Å². The van der Waals surface area contributed by atoms with E-state index in [0.717, 1.165) is 15.0 Å². The summed E-state index contributed by atoms with van der Waals surface area (Å²) in [6, 6.07) is 11.0. The van der Waals surface area contributed by atoms with E-state index in [4.69, 9.17) is 34.8 Å². The van der Waals surface area contributed by atoms with Crippen LogP contribution in [0.3, 0.4) is 0 Å². The SMILES string of the molecule is Cc1sc2c(c1C)c(=O)n(-c1cccc(Cl)c1)c(=O)n2CC(=O)c1ccc(Cl)c(Cl)c1. The van der Waals surface area contributed by atoms with E-state index in [0.29, 0.717) is 31.5 Å². The van der Waals surface area contributed by atoms with Gasteiger partial charge in [0.1, 0.15) is 4.83 Å². The summed E-state index contributed by atoms with van der Waals surface area (Å²) in [7, 11) is 0. The van der Waals surface area contributed by atoms with Crippen LogP contribution in [0.1, 0.15) is 20.8 Å². The fourth-order valence-corrected chi connectivity index (χ4v) is 4.97. The number of aromatic nitrogens is 2. The molecule has 0 bridgehead atoms. The summed E-state index contributed by atoms with van der Waals surface area (Å²) in [6.07, 6.45) is 0. The third-order valence-electron chi connectivity index (χ3n) is 5.06. The van der Waals surface area contributed by atoms with Crippen LogP contribution in [0.2, 0.25) is 15.1 Å². The highest BCUT2D eigenvalue weighted by Crippen LogP contribution is 2.28. The summed E-state index contributed by atoms with van der Waals surface area (Å²) in [5.41, 5.74) is 0.372. The second-order valence-corrected chi connectivity index (χ2v) is 9.46. The van der Waals surface area contributed by atoms with Crippen LogP contribution in [0.25, 0.3) is 15.9 Å². The molecule has 4 rings (SSSR count). The molecular weight excluding hydrogens is 479 g/mol. The average molecular weight is 494 g/mol. The number of fused-ring (bicyclic) bond motifs is 1. The highest BCUT2D eigenvalue weighted by molar-refractivity contribution is 7.18. The molecule has 0 aliphatic heterocycles. The number of ketones is 1. The molecule has 2 aromatic heterocycles. The lowest BCUT2D eigenvalue weighted by atomic mass is 10.1. The molecule has 158 valence electrons. The molecule has 0 unspecified atom stereocenters. The number of carbonyl (C=O) groups excluding carboxylic acids is 1. The quantitative estimate of drug-likeness (QED) is 0.344. The number of benzene rings is 2. The Hall–Kier alpha value is -2.38. The van der Waals surface area contributed by atoms with Crippen LogP contribution in [0, 0.1) is 13.8 Å². The van der Waals surface area contributed by atoms with E-state index in [1.54, 1.807) is 24.3 Å². The normalized spacial score (nSPS) is 11.3. The molecule has 0 saturated carbocycles. The van der Waals surface area contributed by atoms with Crippen LogP contribution in [0.4, 0.5) is 0 Å². The third kappa shape index (κ3) is 3.85. The lowest BCUT2D eigenvalue weighted by Crippen LogP contribution is -2.39. The molecule has 0 spiro atoms. The van der Waals surface area contributed by atoms with Crippen molar-refractivity contribution in [2.24, 2.45) is 0 Å². The predicted molar refractivity (Wildman–Crippen MR) is 127 cm³/mol. The molecule has 0 aliphatic carbocycles. The Kier molecular flexibility index (Phi) is 5.83. The molecule has 0 saturated heterocycles. The molecule has 2 heterocycles. The number of halogens is 3. The van der Waals surface area contributed by atoms with Crippen molar-refractivity contribution in [2.45, 2.75) is 20.4 Å². The van der Waals surface area contributed by atoms with E-state index in [1.165, 1.54) is 34.1 Å². The van der Waals surface area contributed by atoms with Crippen LogP contribution in [-0.2, 0) is 6.54 Å². The van der Waals surface area contributed by atoms with E-state index in [1.807, 2.05) is 13.8 Å². The number of aryl methyl sites for hydroxylation is 2. The molecule has 0 amide bonds. The number of nitrogens with zero attached hydrogens (tertiary/aromatic N) is 2. The smallest absolute Gasteiger partial charge is 0.292 e. The van der Waals surface area contributed by atoms with Gasteiger partial charge in [-0.15, -0.1) is 11.3 Å². The standard InChI is InChI=1S/C22H15Cl3N2O3S/c1-11-12(2)31-21-19(11)20(29)27(15-5-3-4-14(23)9-15)22(30)26(21)10-18(28)13-6-7-16(24)17(25)8-13/h3-9H,10H2,1-2H3. The minimum Gasteiger partial charge on any atom is -0.292 e. The maximum Gasteiger partial charge on any atom is 0.337 e. The molecule has 0 aliphatic rings. The zero-order valence-corrected chi connectivity index (χ0v) is 19.5. The Morgan fingerprint density at radius 1 is 1.00 bits per heavy atom. The Balaban J connectivity index is 1.97. The van der Waals surface area contributed by atoms with Crippen LogP contribution in [-0.4, -0.2) is 14.9 Å². The Labute approximate surface area is 196 Å². The number of rotatable bonds is 4. The number of carbonyl (C=O) groups is 1. The van der Waals surface area contributed by atoms with E-state index >= 15 is 0 Å². The van der Waals surface area contributed by atoms with E-state index in [2.05, 4.69) is 0 Å². The van der Waals surface area contributed by atoms with Crippen molar-refractivity contribution in [3.63, 3.8) is 0 Å². The molecule has 0 radical (unpaired) electrons. The van der Waals surface area contributed by atoms with Crippen molar-refractivity contribution in [1.82, 2.24) is 9.13 Å². The zero-order chi connectivity index (χ0) is 22.4. The first-order valence-electron chi connectivity index (χ1n) is 9.18.